The summed E-state index contributed by atoms with van der Waals surface area (Å²) in [5, 5.41) is 11.8. The van der Waals surface area contributed by atoms with Crippen molar-refractivity contribution in [1.82, 2.24) is 10.2 Å². The van der Waals surface area contributed by atoms with Crippen LogP contribution in [0.1, 0.15) is 28.8 Å². The summed E-state index contributed by atoms with van der Waals surface area (Å²) in [6.07, 6.45) is 4.46. The van der Waals surface area contributed by atoms with Gasteiger partial charge in [-0.15, -0.1) is 6.58 Å². The fourth-order valence-corrected chi connectivity index (χ4v) is 2.20. The zero-order valence-corrected chi connectivity index (χ0v) is 11.9. The number of carbonyl (C=O) groups is 2. The van der Waals surface area contributed by atoms with E-state index in [1.807, 2.05) is 6.07 Å². The predicted molar refractivity (Wildman–Crippen MR) is 80.4 cm³/mol. The SMILES string of the molecule is C=CCN(C(=O)NCCc1cccc(C(=O)O)c1)C1CC1. The number of amides is 2. The molecule has 1 aliphatic rings. The predicted octanol–water partition coefficient (Wildman–Crippen LogP) is 2.29. The van der Waals surface area contributed by atoms with Gasteiger partial charge in [-0.25, -0.2) is 9.59 Å². The molecule has 112 valence electrons. The summed E-state index contributed by atoms with van der Waals surface area (Å²) in [6, 6.07) is 7.04. The summed E-state index contributed by atoms with van der Waals surface area (Å²) in [6.45, 7) is 4.72. The van der Waals surface area contributed by atoms with Crippen molar-refractivity contribution in [3.8, 4) is 0 Å². The Balaban J connectivity index is 1.83. The molecule has 0 spiro atoms. The molecule has 0 saturated heterocycles. The number of carboxylic acid groups (broad SMARTS) is 1. The van der Waals surface area contributed by atoms with Crippen molar-refractivity contribution < 1.29 is 14.7 Å². The molecule has 2 N–H and O–H groups in total. The van der Waals surface area contributed by atoms with Gasteiger partial charge in [-0.2, -0.15) is 0 Å². The number of nitrogens with one attached hydrogen (secondary N) is 1. The number of carbonyl (C=O) groups excluding carboxylic acids is 1. The summed E-state index contributed by atoms with van der Waals surface area (Å²) in [4.78, 5) is 24.7. The molecule has 0 unspecified atom stereocenters. The molecule has 0 atom stereocenters. The number of urea groups is 1. The maximum absolute atomic E-state index is 12.1. The molecule has 0 heterocycles. The molecule has 1 aliphatic carbocycles. The zero-order valence-electron chi connectivity index (χ0n) is 11.9. The first-order chi connectivity index (χ1) is 10.1. The zero-order chi connectivity index (χ0) is 15.2. The van der Waals surface area contributed by atoms with Crippen molar-refractivity contribution in [1.29, 1.82) is 0 Å². The van der Waals surface area contributed by atoms with E-state index in [2.05, 4.69) is 11.9 Å². The second kappa shape index (κ2) is 6.92. The van der Waals surface area contributed by atoms with E-state index < -0.39 is 5.97 Å². The van der Waals surface area contributed by atoms with Crippen molar-refractivity contribution >= 4 is 12.0 Å². The Bertz CT molecular complexity index is 538. The summed E-state index contributed by atoms with van der Waals surface area (Å²) >= 11 is 0. The lowest BCUT2D eigenvalue weighted by Gasteiger charge is -2.21. The minimum absolute atomic E-state index is 0.0770. The van der Waals surface area contributed by atoms with Gasteiger partial charge in [-0.3, -0.25) is 0 Å². The number of hydrogen-bond donors (Lipinski definition) is 2. The number of nitrogens with zero attached hydrogens (tertiary/aromatic N) is 1. The highest BCUT2D eigenvalue weighted by molar-refractivity contribution is 5.87. The van der Waals surface area contributed by atoms with E-state index in [0.29, 0.717) is 25.6 Å². The minimum Gasteiger partial charge on any atom is -0.478 e. The maximum Gasteiger partial charge on any atom is 0.335 e. The third-order valence-electron chi connectivity index (χ3n) is 3.44. The first-order valence-corrected chi connectivity index (χ1v) is 7.09. The van der Waals surface area contributed by atoms with E-state index >= 15 is 0 Å². The lowest BCUT2D eigenvalue weighted by Crippen LogP contribution is -2.42. The second-order valence-electron chi connectivity index (χ2n) is 5.16. The number of hydrogen-bond acceptors (Lipinski definition) is 2. The molecule has 1 saturated carbocycles. The minimum atomic E-state index is -0.938. The average molecular weight is 288 g/mol. The van der Waals surface area contributed by atoms with Crippen LogP contribution in [-0.4, -0.2) is 41.1 Å². The van der Waals surface area contributed by atoms with Gasteiger partial charge in [0, 0.05) is 19.1 Å². The van der Waals surface area contributed by atoms with Gasteiger partial charge >= 0.3 is 12.0 Å². The molecule has 2 rings (SSSR count). The van der Waals surface area contributed by atoms with Crippen molar-refractivity contribution in [3.63, 3.8) is 0 Å². The highest BCUT2D eigenvalue weighted by atomic mass is 16.4. The van der Waals surface area contributed by atoms with Gasteiger partial charge in [0.15, 0.2) is 0 Å². The van der Waals surface area contributed by atoms with Gasteiger partial charge < -0.3 is 15.3 Å². The van der Waals surface area contributed by atoms with Crippen LogP contribution in [0.4, 0.5) is 4.79 Å². The number of aromatic carboxylic acids is 1. The Kier molecular flexibility index (Phi) is 4.98. The molecule has 5 heteroatoms. The topological polar surface area (TPSA) is 69.6 Å². The smallest absolute Gasteiger partial charge is 0.335 e. The molecule has 0 aromatic heterocycles. The molecule has 5 nitrogen and oxygen atoms in total. The summed E-state index contributed by atoms with van der Waals surface area (Å²) < 4.78 is 0. The lowest BCUT2D eigenvalue weighted by atomic mass is 10.1. The van der Waals surface area contributed by atoms with Crippen LogP contribution in [0.5, 0.6) is 0 Å². The van der Waals surface area contributed by atoms with Crippen LogP contribution in [0.3, 0.4) is 0 Å². The monoisotopic (exact) mass is 288 g/mol. The van der Waals surface area contributed by atoms with Gasteiger partial charge in [0.05, 0.1) is 5.56 Å². The lowest BCUT2D eigenvalue weighted by molar-refractivity contribution is 0.0696. The maximum atomic E-state index is 12.1. The fraction of sp³-hybridized carbons (Fsp3) is 0.375. The third kappa shape index (κ3) is 4.34. The van der Waals surface area contributed by atoms with Gasteiger partial charge in [0.2, 0.25) is 0 Å². The Hall–Kier alpha value is -2.30. The first kappa shape index (κ1) is 15.1. The largest absolute Gasteiger partial charge is 0.478 e. The molecule has 2 amide bonds. The van der Waals surface area contributed by atoms with Gasteiger partial charge in [0.1, 0.15) is 0 Å². The molecule has 1 aromatic rings. The Morgan fingerprint density at radius 3 is 2.81 bits per heavy atom. The Morgan fingerprint density at radius 1 is 1.43 bits per heavy atom. The fourth-order valence-electron chi connectivity index (χ4n) is 2.20. The standard InChI is InChI=1S/C16H20N2O3/c1-2-10-18(14-6-7-14)16(21)17-9-8-12-4-3-5-13(11-12)15(19)20/h2-5,11,14H,1,6-10H2,(H,17,21)(H,19,20). The average Bonchev–Trinajstić information content (AvgIpc) is 3.29. The van der Waals surface area contributed by atoms with Gasteiger partial charge in [-0.1, -0.05) is 18.2 Å². The summed E-state index contributed by atoms with van der Waals surface area (Å²) in [5.41, 5.74) is 1.17. The number of benzene rings is 1. The van der Waals surface area contributed by atoms with Gasteiger partial charge in [0.25, 0.3) is 0 Å². The van der Waals surface area contributed by atoms with E-state index in [1.165, 1.54) is 0 Å². The van der Waals surface area contributed by atoms with Crippen molar-refractivity contribution in [2.75, 3.05) is 13.1 Å². The normalized spacial score (nSPS) is 13.5. The van der Waals surface area contributed by atoms with Crippen molar-refractivity contribution in [2.24, 2.45) is 0 Å². The number of carboxylic acids is 1. The van der Waals surface area contributed by atoms with Crippen LogP contribution >= 0.6 is 0 Å². The second-order valence-corrected chi connectivity index (χ2v) is 5.16. The van der Waals surface area contributed by atoms with Crippen molar-refractivity contribution in [3.05, 3.63) is 48.0 Å². The van der Waals surface area contributed by atoms with E-state index in [0.717, 1.165) is 18.4 Å². The van der Waals surface area contributed by atoms with Crippen LogP contribution < -0.4 is 5.32 Å². The number of rotatable bonds is 7. The molecule has 1 fully saturated rings. The van der Waals surface area contributed by atoms with Crippen LogP contribution in [0.15, 0.2) is 36.9 Å². The third-order valence-corrected chi connectivity index (χ3v) is 3.44. The van der Waals surface area contributed by atoms with Crippen LogP contribution in [0.2, 0.25) is 0 Å². The Labute approximate surface area is 124 Å². The Morgan fingerprint density at radius 2 is 2.19 bits per heavy atom. The van der Waals surface area contributed by atoms with E-state index in [-0.39, 0.29) is 11.6 Å². The highest BCUT2D eigenvalue weighted by Gasteiger charge is 2.31. The van der Waals surface area contributed by atoms with Crippen LogP contribution in [0, 0.1) is 0 Å². The summed E-state index contributed by atoms with van der Waals surface area (Å²) in [7, 11) is 0. The molecular formula is C16H20N2O3. The quantitative estimate of drug-likeness (QED) is 0.756. The molecule has 0 bridgehead atoms. The van der Waals surface area contributed by atoms with E-state index in [1.54, 1.807) is 29.2 Å². The molecule has 1 aromatic carbocycles. The van der Waals surface area contributed by atoms with Crippen LogP contribution in [0.25, 0.3) is 0 Å². The van der Waals surface area contributed by atoms with E-state index in [9.17, 15) is 9.59 Å². The highest BCUT2D eigenvalue weighted by Crippen LogP contribution is 2.26. The van der Waals surface area contributed by atoms with Crippen molar-refractivity contribution in [2.45, 2.75) is 25.3 Å². The first-order valence-electron chi connectivity index (χ1n) is 7.09. The molecule has 0 aliphatic heterocycles. The molecular weight excluding hydrogens is 268 g/mol. The van der Waals surface area contributed by atoms with Crippen LogP contribution in [-0.2, 0) is 6.42 Å². The van der Waals surface area contributed by atoms with Gasteiger partial charge in [-0.05, 0) is 37.0 Å². The van der Waals surface area contributed by atoms with E-state index in [4.69, 9.17) is 5.11 Å². The molecule has 21 heavy (non-hydrogen) atoms. The summed E-state index contributed by atoms with van der Waals surface area (Å²) in [5.74, 6) is -0.938. The molecule has 0 radical (unpaired) electrons.